The number of carbonyl (C=O) groups is 2. The molecule has 0 unspecified atom stereocenters. The SMILES string of the molecule is Cc1ccc(S(=O)(=O)N(CC(=O)N(Cc2cccc(Cl)c2)[C@@H](Cc2ccccc2)C(=O)NC2CCCC2)c2ccc(Oc3ccccc3)cc2)cc1. The lowest BCUT2D eigenvalue weighted by atomic mass is 10.0. The van der Waals surface area contributed by atoms with E-state index in [4.69, 9.17) is 16.3 Å². The van der Waals surface area contributed by atoms with Gasteiger partial charge in [-0.3, -0.25) is 13.9 Å². The lowest BCUT2D eigenvalue weighted by molar-refractivity contribution is -0.140. The molecule has 1 atom stereocenters. The van der Waals surface area contributed by atoms with Crippen LogP contribution in [0.4, 0.5) is 5.69 Å². The molecule has 1 aliphatic carbocycles. The van der Waals surface area contributed by atoms with Crippen LogP contribution in [0.2, 0.25) is 5.02 Å². The van der Waals surface area contributed by atoms with Gasteiger partial charge in [0.15, 0.2) is 0 Å². The average Bonchev–Trinajstić information content (AvgIpc) is 3.66. The molecule has 5 aromatic rings. The first-order chi connectivity index (χ1) is 25.2. The van der Waals surface area contributed by atoms with Crippen molar-refractivity contribution in [2.75, 3.05) is 10.8 Å². The number of rotatable bonds is 14. The van der Waals surface area contributed by atoms with Crippen LogP contribution in [0.3, 0.4) is 0 Å². The number of benzene rings is 5. The van der Waals surface area contributed by atoms with Crippen molar-refractivity contribution in [3.8, 4) is 11.5 Å². The second-order valence-corrected chi connectivity index (χ2v) is 15.4. The van der Waals surface area contributed by atoms with E-state index in [1.165, 1.54) is 17.0 Å². The molecule has 1 fully saturated rings. The van der Waals surface area contributed by atoms with E-state index >= 15 is 0 Å². The molecule has 1 N–H and O–H groups in total. The highest BCUT2D eigenvalue weighted by atomic mass is 35.5. The summed E-state index contributed by atoms with van der Waals surface area (Å²) in [5, 5.41) is 3.69. The van der Waals surface area contributed by atoms with E-state index in [1.54, 1.807) is 54.6 Å². The molecular weight excluding hydrogens is 694 g/mol. The monoisotopic (exact) mass is 735 g/mol. The summed E-state index contributed by atoms with van der Waals surface area (Å²) in [6.07, 6.45) is 4.04. The average molecular weight is 736 g/mol. The molecule has 1 saturated carbocycles. The van der Waals surface area contributed by atoms with Crippen molar-refractivity contribution >= 4 is 39.1 Å². The third kappa shape index (κ3) is 9.40. The van der Waals surface area contributed by atoms with Gasteiger partial charge in [-0.1, -0.05) is 103 Å². The number of nitrogens with one attached hydrogen (secondary N) is 1. The van der Waals surface area contributed by atoms with Crippen LogP contribution in [-0.4, -0.2) is 43.8 Å². The number of carbonyl (C=O) groups excluding carboxylic acids is 2. The Kier molecular flexibility index (Phi) is 11.9. The molecule has 0 saturated heterocycles. The molecule has 52 heavy (non-hydrogen) atoms. The van der Waals surface area contributed by atoms with Gasteiger partial charge < -0.3 is 15.0 Å². The van der Waals surface area contributed by atoms with Crippen molar-refractivity contribution in [2.45, 2.75) is 62.6 Å². The van der Waals surface area contributed by atoms with Gasteiger partial charge in [0, 0.05) is 24.0 Å². The molecule has 0 heterocycles. The van der Waals surface area contributed by atoms with Gasteiger partial charge in [-0.15, -0.1) is 0 Å². The van der Waals surface area contributed by atoms with Gasteiger partial charge in [0.2, 0.25) is 11.8 Å². The van der Waals surface area contributed by atoms with Crippen LogP contribution in [0, 0.1) is 6.92 Å². The van der Waals surface area contributed by atoms with Gasteiger partial charge in [0.25, 0.3) is 10.0 Å². The minimum absolute atomic E-state index is 0.0175. The highest BCUT2D eigenvalue weighted by Crippen LogP contribution is 2.29. The molecule has 0 radical (unpaired) electrons. The normalized spacial score (nSPS) is 13.7. The molecule has 2 amide bonds. The van der Waals surface area contributed by atoms with Crippen molar-refractivity contribution < 1.29 is 22.7 Å². The van der Waals surface area contributed by atoms with E-state index in [0.717, 1.165) is 41.1 Å². The summed E-state index contributed by atoms with van der Waals surface area (Å²) in [6, 6.07) is 38.1. The molecular formula is C42H42ClN3O5S. The highest BCUT2D eigenvalue weighted by molar-refractivity contribution is 7.92. The largest absolute Gasteiger partial charge is 0.457 e. The molecule has 6 rings (SSSR count). The molecule has 0 spiro atoms. The van der Waals surface area contributed by atoms with Crippen LogP contribution in [0.1, 0.15) is 42.4 Å². The first-order valence-electron chi connectivity index (χ1n) is 17.5. The topological polar surface area (TPSA) is 96.0 Å². The minimum atomic E-state index is -4.25. The van der Waals surface area contributed by atoms with Gasteiger partial charge in [-0.25, -0.2) is 8.42 Å². The van der Waals surface area contributed by atoms with Crippen molar-refractivity contribution in [3.63, 3.8) is 0 Å². The molecule has 8 nitrogen and oxygen atoms in total. The first kappa shape index (κ1) is 36.7. The Morgan fingerprint density at radius 1 is 0.788 bits per heavy atom. The smallest absolute Gasteiger partial charge is 0.264 e. The molecule has 5 aromatic carbocycles. The number of para-hydroxylation sites is 1. The Morgan fingerprint density at radius 3 is 2.06 bits per heavy atom. The van der Waals surface area contributed by atoms with Gasteiger partial charge in [0.1, 0.15) is 24.1 Å². The second kappa shape index (κ2) is 16.9. The van der Waals surface area contributed by atoms with Gasteiger partial charge in [0.05, 0.1) is 10.6 Å². The van der Waals surface area contributed by atoms with E-state index in [-0.39, 0.29) is 35.5 Å². The third-order valence-electron chi connectivity index (χ3n) is 9.21. The summed E-state index contributed by atoms with van der Waals surface area (Å²) >= 11 is 6.38. The standard InChI is InChI=1S/C42H42ClN3O5S/c1-31-19-25-39(26-20-31)52(49,50)46(36-21-23-38(24-22-36)51-37-17-6-3-7-18-37)30-41(47)45(29-33-13-10-14-34(43)27-33)40(28-32-11-4-2-5-12-32)42(48)44-35-15-8-9-16-35/h2-7,10-14,17-27,35,40H,8-9,15-16,28-30H2,1H3,(H,44,48)/t40-/m0/s1. The fraction of sp³-hybridized carbons (Fsp3) is 0.238. The number of halogens is 1. The Bertz CT molecular complexity index is 2060. The van der Waals surface area contributed by atoms with Crippen molar-refractivity contribution in [2.24, 2.45) is 0 Å². The highest BCUT2D eigenvalue weighted by Gasteiger charge is 2.35. The quantitative estimate of drug-likeness (QED) is 0.124. The molecule has 10 heteroatoms. The van der Waals surface area contributed by atoms with Crippen LogP contribution in [0.15, 0.2) is 138 Å². The van der Waals surface area contributed by atoms with Crippen LogP contribution in [0.25, 0.3) is 0 Å². The van der Waals surface area contributed by atoms with E-state index in [0.29, 0.717) is 22.1 Å². The number of hydrogen-bond acceptors (Lipinski definition) is 5. The maximum Gasteiger partial charge on any atom is 0.264 e. The van der Waals surface area contributed by atoms with Crippen LogP contribution >= 0.6 is 11.6 Å². The number of ether oxygens (including phenoxy) is 1. The summed E-state index contributed by atoms with van der Waals surface area (Å²) in [5.41, 5.74) is 2.75. The van der Waals surface area contributed by atoms with Crippen molar-refractivity contribution in [1.82, 2.24) is 10.2 Å². The number of amides is 2. The minimum Gasteiger partial charge on any atom is -0.457 e. The lowest BCUT2D eigenvalue weighted by Gasteiger charge is -2.34. The Labute approximate surface area is 311 Å². The predicted molar refractivity (Wildman–Crippen MR) is 205 cm³/mol. The summed E-state index contributed by atoms with van der Waals surface area (Å²) in [6.45, 7) is 1.36. The number of hydrogen-bond donors (Lipinski definition) is 1. The van der Waals surface area contributed by atoms with Crippen molar-refractivity contribution in [1.29, 1.82) is 0 Å². The summed E-state index contributed by atoms with van der Waals surface area (Å²) in [7, 11) is -4.25. The predicted octanol–water partition coefficient (Wildman–Crippen LogP) is 8.33. The molecule has 0 aliphatic heterocycles. The van der Waals surface area contributed by atoms with E-state index in [9.17, 15) is 18.0 Å². The number of nitrogens with zero attached hydrogens (tertiary/aromatic N) is 2. The summed E-state index contributed by atoms with van der Waals surface area (Å²) < 4.78 is 35.9. The van der Waals surface area contributed by atoms with E-state index in [2.05, 4.69) is 5.32 Å². The zero-order valence-corrected chi connectivity index (χ0v) is 30.6. The fourth-order valence-corrected chi connectivity index (χ4v) is 8.05. The van der Waals surface area contributed by atoms with Crippen LogP contribution in [0.5, 0.6) is 11.5 Å². The van der Waals surface area contributed by atoms with Crippen LogP contribution < -0.4 is 14.4 Å². The molecule has 268 valence electrons. The zero-order chi connectivity index (χ0) is 36.5. The Hall–Kier alpha value is -5.12. The molecule has 0 aromatic heterocycles. The Balaban J connectivity index is 1.39. The maximum atomic E-state index is 14.8. The fourth-order valence-electron chi connectivity index (χ4n) is 6.42. The lowest BCUT2D eigenvalue weighted by Crippen LogP contribution is -2.54. The first-order valence-corrected chi connectivity index (χ1v) is 19.3. The maximum absolute atomic E-state index is 14.8. The van der Waals surface area contributed by atoms with Crippen LogP contribution in [-0.2, 0) is 32.6 Å². The molecule has 1 aliphatic rings. The number of anilines is 1. The van der Waals surface area contributed by atoms with E-state index in [1.807, 2.05) is 73.7 Å². The summed E-state index contributed by atoms with van der Waals surface area (Å²) in [4.78, 5) is 30.6. The van der Waals surface area contributed by atoms with Gasteiger partial charge >= 0.3 is 0 Å². The molecule has 0 bridgehead atoms. The second-order valence-electron chi connectivity index (χ2n) is 13.1. The summed E-state index contributed by atoms with van der Waals surface area (Å²) in [5.74, 6) is 0.318. The third-order valence-corrected chi connectivity index (χ3v) is 11.2. The number of aryl methyl sites for hydroxylation is 1. The van der Waals surface area contributed by atoms with Crippen molar-refractivity contribution in [3.05, 3.63) is 155 Å². The number of sulfonamides is 1. The van der Waals surface area contributed by atoms with Gasteiger partial charge in [-0.2, -0.15) is 0 Å². The van der Waals surface area contributed by atoms with Gasteiger partial charge in [-0.05, 0) is 91.6 Å². The Morgan fingerprint density at radius 2 is 1.40 bits per heavy atom. The van der Waals surface area contributed by atoms with E-state index < -0.39 is 28.5 Å². The zero-order valence-electron chi connectivity index (χ0n) is 29.0.